The van der Waals surface area contributed by atoms with Crippen molar-refractivity contribution in [1.29, 1.82) is 0 Å². The zero-order valence-electron chi connectivity index (χ0n) is 14.1. The first-order chi connectivity index (χ1) is 12.3. The normalized spacial score (nSPS) is 15.5. The first-order valence-electron chi connectivity index (χ1n) is 8.79. The predicted octanol–water partition coefficient (Wildman–Crippen LogP) is 4.09. The summed E-state index contributed by atoms with van der Waals surface area (Å²) in [5, 5.41) is 3.17. The van der Waals surface area contributed by atoms with Crippen molar-refractivity contribution < 1.29 is 9.53 Å². The number of rotatable bonds is 5. The van der Waals surface area contributed by atoms with Crippen LogP contribution in [-0.4, -0.2) is 41.6 Å². The quantitative estimate of drug-likeness (QED) is 0.750. The van der Waals surface area contributed by atoms with E-state index in [1.165, 1.54) is 4.88 Å². The van der Waals surface area contributed by atoms with E-state index in [2.05, 4.69) is 27.4 Å². The number of benzene rings is 1. The molecular weight excluding hydrogens is 332 g/mol. The number of hydrogen-bond acceptors (Lipinski definition) is 3. The molecule has 1 saturated heterocycles. The summed E-state index contributed by atoms with van der Waals surface area (Å²) in [5.74, 6) is 0.131. The first-order valence-corrected chi connectivity index (χ1v) is 9.67. The van der Waals surface area contributed by atoms with E-state index in [-0.39, 0.29) is 11.9 Å². The van der Waals surface area contributed by atoms with Gasteiger partial charge in [-0.2, -0.15) is 0 Å². The lowest BCUT2D eigenvalue weighted by Gasteiger charge is -2.34. The van der Waals surface area contributed by atoms with Crippen LogP contribution in [-0.2, 0) is 11.2 Å². The molecule has 1 aliphatic heterocycles. The minimum atomic E-state index is 0.131. The molecule has 0 saturated carbocycles. The number of aromatic nitrogens is 1. The maximum Gasteiger partial charge on any atom is 0.254 e. The second kappa shape index (κ2) is 7.42. The van der Waals surface area contributed by atoms with Crippen molar-refractivity contribution in [3.05, 3.63) is 58.4 Å². The Balaban J connectivity index is 1.57. The average molecular weight is 354 g/mol. The maximum absolute atomic E-state index is 13.2. The Labute approximate surface area is 151 Å². The largest absolute Gasteiger partial charge is 0.381 e. The molecule has 130 valence electrons. The van der Waals surface area contributed by atoms with Gasteiger partial charge < -0.3 is 14.6 Å². The summed E-state index contributed by atoms with van der Waals surface area (Å²) in [6.45, 7) is 2.24. The number of ether oxygens (including phenoxy) is 1. The topological polar surface area (TPSA) is 45.3 Å². The van der Waals surface area contributed by atoms with Gasteiger partial charge in [0.2, 0.25) is 0 Å². The minimum Gasteiger partial charge on any atom is -0.381 e. The molecule has 0 spiro atoms. The van der Waals surface area contributed by atoms with Crippen LogP contribution in [0.5, 0.6) is 0 Å². The molecule has 1 amide bonds. The molecule has 4 rings (SSSR count). The van der Waals surface area contributed by atoms with Gasteiger partial charge in [0, 0.05) is 53.3 Å². The number of carbonyl (C=O) groups is 1. The van der Waals surface area contributed by atoms with Gasteiger partial charge in [0.25, 0.3) is 5.91 Å². The fourth-order valence-corrected chi connectivity index (χ4v) is 4.18. The van der Waals surface area contributed by atoms with Gasteiger partial charge in [-0.15, -0.1) is 11.3 Å². The number of amides is 1. The van der Waals surface area contributed by atoms with Crippen LogP contribution in [0.1, 0.15) is 28.1 Å². The molecular formula is C20H22N2O2S. The van der Waals surface area contributed by atoms with Crippen LogP contribution in [0.25, 0.3) is 10.9 Å². The van der Waals surface area contributed by atoms with Crippen LogP contribution >= 0.6 is 11.3 Å². The monoisotopic (exact) mass is 354 g/mol. The fraction of sp³-hybridized carbons (Fsp3) is 0.350. The lowest BCUT2D eigenvalue weighted by molar-refractivity contribution is 0.0294. The maximum atomic E-state index is 13.2. The van der Waals surface area contributed by atoms with Crippen molar-refractivity contribution in [2.75, 3.05) is 19.8 Å². The van der Waals surface area contributed by atoms with Gasteiger partial charge in [-0.25, -0.2) is 0 Å². The summed E-state index contributed by atoms with van der Waals surface area (Å²) >= 11 is 1.76. The highest BCUT2D eigenvalue weighted by Gasteiger charge is 2.26. The van der Waals surface area contributed by atoms with Gasteiger partial charge in [0.1, 0.15) is 0 Å². The van der Waals surface area contributed by atoms with Crippen molar-refractivity contribution in [2.45, 2.75) is 25.3 Å². The van der Waals surface area contributed by atoms with Gasteiger partial charge in [-0.05, 0) is 55.0 Å². The van der Waals surface area contributed by atoms with Crippen LogP contribution in [0.4, 0.5) is 0 Å². The Morgan fingerprint density at radius 2 is 2.12 bits per heavy atom. The van der Waals surface area contributed by atoms with Gasteiger partial charge >= 0.3 is 0 Å². The van der Waals surface area contributed by atoms with E-state index < -0.39 is 0 Å². The van der Waals surface area contributed by atoms with Crippen molar-refractivity contribution in [3.63, 3.8) is 0 Å². The smallest absolute Gasteiger partial charge is 0.254 e. The summed E-state index contributed by atoms with van der Waals surface area (Å²) in [5.41, 5.74) is 1.83. The van der Waals surface area contributed by atoms with Crippen LogP contribution in [0.2, 0.25) is 0 Å². The molecule has 25 heavy (non-hydrogen) atoms. The van der Waals surface area contributed by atoms with Crippen molar-refractivity contribution in [1.82, 2.24) is 9.88 Å². The summed E-state index contributed by atoms with van der Waals surface area (Å²) in [7, 11) is 0. The Bertz CT molecular complexity index is 834. The van der Waals surface area contributed by atoms with E-state index in [0.717, 1.165) is 55.5 Å². The first kappa shape index (κ1) is 16.4. The Kier molecular flexibility index (Phi) is 4.85. The molecule has 4 nitrogen and oxygen atoms in total. The Morgan fingerprint density at radius 1 is 1.24 bits per heavy atom. The highest BCUT2D eigenvalue weighted by molar-refractivity contribution is 7.09. The highest BCUT2D eigenvalue weighted by Crippen LogP contribution is 2.21. The summed E-state index contributed by atoms with van der Waals surface area (Å²) in [6.07, 6.45) is 4.66. The Morgan fingerprint density at radius 3 is 2.92 bits per heavy atom. The molecule has 2 aromatic heterocycles. The molecule has 0 aliphatic carbocycles. The molecule has 0 atom stereocenters. The average Bonchev–Trinajstić information content (AvgIpc) is 3.33. The van der Waals surface area contributed by atoms with E-state index in [4.69, 9.17) is 4.74 Å². The molecule has 1 fully saturated rings. The second-order valence-electron chi connectivity index (χ2n) is 6.45. The van der Waals surface area contributed by atoms with Crippen LogP contribution in [0, 0.1) is 0 Å². The molecule has 5 heteroatoms. The number of thiophene rings is 1. The van der Waals surface area contributed by atoms with Crippen LogP contribution in [0.3, 0.4) is 0 Å². The summed E-state index contributed by atoms with van der Waals surface area (Å²) in [6, 6.07) is 12.4. The summed E-state index contributed by atoms with van der Waals surface area (Å²) < 4.78 is 5.49. The third-order valence-electron chi connectivity index (χ3n) is 4.87. The summed E-state index contributed by atoms with van der Waals surface area (Å²) in [4.78, 5) is 19.8. The highest BCUT2D eigenvalue weighted by atomic mass is 32.1. The number of fused-ring (bicyclic) bond motifs is 1. The molecule has 0 unspecified atom stereocenters. The van der Waals surface area contributed by atoms with E-state index in [1.807, 2.05) is 30.5 Å². The second-order valence-corrected chi connectivity index (χ2v) is 7.48. The fourth-order valence-electron chi connectivity index (χ4n) is 3.48. The Hall–Kier alpha value is -2.11. The van der Waals surface area contributed by atoms with Crippen LogP contribution < -0.4 is 0 Å². The third-order valence-corrected chi connectivity index (χ3v) is 5.81. The predicted molar refractivity (Wildman–Crippen MR) is 101 cm³/mol. The molecule has 1 aromatic carbocycles. The molecule has 0 radical (unpaired) electrons. The van der Waals surface area contributed by atoms with Gasteiger partial charge in [0.15, 0.2) is 0 Å². The number of aromatic amines is 1. The standard InChI is InChI=1S/C20H22N2O2S/c23-20(16-3-4-19-15(14-16)5-9-21-19)22(17-7-11-24-12-8-17)10-6-18-2-1-13-25-18/h1-5,9,13-14,17,21H,6-8,10-12H2. The SMILES string of the molecule is O=C(c1ccc2[nH]ccc2c1)N(CCc1cccs1)C1CCOCC1. The number of nitrogens with one attached hydrogen (secondary N) is 1. The molecule has 3 heterocycles. The van der Waals surface area contributed by atoms with Crippen molar-refractivity contribution >= 4 is 28.1 Å². The van der Waals surface area contributed by atoms with E-state index in [1.54, 1.807) is 11.3 Å². The van der Waals surface area contributed by atoms with Crippen LogP contribution in [0.15, 0.2) is 48.0 Å². The zero-order chi connectivity index (χ0) is 17.1. The number of H-pyrrole nitrogens is 1. The molecule has 3 aromatic rings. The van der Waals surface area contributed by atoms with E-state index in [0.29, 0.717) is 0 Å². The van der Waals surface area contributed by atoms with Gasteiger partial charge in [-0.1, -0.05) is 6.07 Å². The van der Waals surface area contributed by atoms with E-state index in [9.17, 15) is 4.79 Å². The molecule has 1 N–H and O–H groups in total. The number of nitrogens with zero attached hydrogens (tertiary/aromatic N) is 1. The number of hydrogen-bond donors (Lipinski definition) is 1. The van der Waals surface area contributed by atoms with Gasteiger partial charge in [0.05, 0.1) is 0 Å². The minimum absolute atomic E-state index is 0.131. The lowest BCUT2D eigenvalue weighted by atomic mass is 10.0. The van der Waals surface area contributed by atoms with Crippen molar-refractivity contribution in [3.8, 4) is 0 Å². The number of carbonyl (C=O) groups excluding carboxylic acids is 1. The lowest BCUT2D eigenvalue weighted by Crippen LogP contribution is -2.44. The third kappa shape index (κ3) is 3.62. The molecule has 0 bridgehead atoms. The van der Waals surface area contributed by atoms with E-state index >= 15 is 0 Å². The zero-order valence-corrected chi connectivity index (χ0v) is 14.9. The van der Waals surface area contributed by atoms with Gasteiger partial charge in [-0.3, -0.25) is 4.79 Å². The molecule has 1 aliphatic rings. The van der Waals surface area contributed by atoms with Crippen molar-refractivity contribution in [2.24, 2.45) is 0 Å².